The average Bonchev–Trinajstić information content (AvgIpc) is 2.64. The summed E-state index contributed by atoms with van der Waals surface area (Å²) in [7, 11) is 0. The third kappa shape index (κ3) is 3.83. The quantitative estimate of drug-likeness (QED) is 0.720. The van der Waals surface area contributed by atoms with E-state index in [9.17, 15) is 4.79 Å². The molecule has 0 aliphatic heterocycles. The van der Waals surface area contributed by atoms with E-state index in [1.165, 1.54) is 31.0 Å². The van der Waals surface area contributed by atoms with Gasteiger partial charge >= 0.3 is 5.97 Å². The lowest BCUT2D eigenvalue weighted by molar-refractivity contribution is 0.0696. The number of carbonyl (C=O) groups is 1. The molecule has 0 saturated carbocycles. The van der Waals surface area contributed by atoms with Gasteiger partial charge in [-0.2, -0.15) is 0 Å². The van der Waals surface area contributed by atoms with E-state index < -0.39 is 5.97 Å². The maximum atomic E-state index is 10.9. The molecule has 0 aliphatic carbocycles. The summed E-state index contributed by atoms with van der Waals surface area (Å²) in [6.45, 7) is 2.26. The van der Waals surface area contributed by atoms with Crippen molar-refractivity contribution in [3.63, 3.8) is 0 Å². The molecule has 3 rings (SSSR count). The van der Waals surface area contributed by atoms with Crippen molar-refractivity contribution in [3.8, 4) is 28.9 Å². The summed E-state index contributed by atoms with van der Waals surface area (Å²) in [6.07, 6.45) is 8.50. The van der Waals surface area contributed by atoms with Crippen LogP contribution in [0.1, 0.15) is 17.3 Å². The van der Waals surface area contributed by atoms with Crippen molar-refractivity contribution < 1.29 is 19.4 Å². The number of hydrogen-bond donors (Lipinski definition) is 1. The van der Waals surface area contributed by atoms with E-state index in [2.05, 4.69) is 24.9 Å². The largest absolute Gasteiger partial charge is 0.478 e. The minimum absolute atomic E-state index is 0.00466. The van der Waals surface area contributed by atoms with Crippen LogP contribution in [0.2, 0.25) is 0 Å². The zero-order valence-corrected chi connectivity index (χ0v) is 13.2. The van der Waals surface area contributed by atoms with Gasteiger partial charge in [-0.3, -0.25) is 4.98 Å². The fourth-order valence-electron chi connectivity index (χ4n) is 1.91. The smallest absolute Gasteiger partial charge is 0.338 e. The summed E-state index contributed by atoms with van der Waals surface area (Å²) in [5, 5.41) is 8.89. The molecule has 9 heteroatoms. The standard InChI is InChI=1S/C16H13N5O4/c1-2-24-14-15(19-4-3-18-14)25-12-5-10(6-17-9-12)13-20-7-11(8-21-13)16(22)23/h3-9H,2H2,1H3,(H,22,23). The Kier molecular flexibility index (Phi) is 4.74. The highest BCUT2D eigenvalue weighted by Gasteiger charge is 2.11. The number of carboxylic acids is 1. The molecule has 0 bridgehead atoms. The molecule has 1 N–H and O–H groups in total. The number of pyridine rings is 1. The first kappa shape index (κ1) is 16.2. The van der Waals surface area contributed by atoms with Crippen molar-refractivity contribution in [3.05, 3.63) is 48.8 Å². The summed E-state index contributed by atoms with van der Waals surface area (Å²) >= 11 is 0. The van der Waals surface area contributed by atoms with Gasteiger partial charge in [-0.25, -0.2) is 24.7 Å². The Labute approximate surface area is 142 Å². The zero-order chi connectivity index (χ0) is 17.6. The highest BCUT2D eigenvalue weighted by atomic mass is 16.5. The Morgan fingerprint density at radius 1 is 1.04 bits per heavy atom. The third-order valence-corrected chi connectivity index (χ3v) is 3.00. The third-order valence-electron chi connectivity index (χ3n) is 3.00. The number of rotatable bonds is 6. The summed E-state index contributed by atoms with van der Waals surface area (Å²) in [5.74, 6) is 0.118. The molecule has 0 fully saturated rings. The van der Waals surface area contributed by atoms with Crippen LogP contribution in [0.5, 0.6) is 17.5 Å². The van der Waals surface area contributed by atoms with Gasteiger partial charge in [0.05, 0.1) is 18.4 Å². The van der Waals surface area contributed by atoms with Crippen molar-refractivity contribution >= 4 is 5.97 Å². The summed E-state index contributed by atoms with van der Waals surface area (Å²) < 4.78 is 11.0. The van der Waals surface area contributed by atoms with Gasteiger partial charge in [0.25, 0.3) is 11.8 Å². The van der Waals surface area contributed by atoms with Gasteiger partial charge in [0.2, 0.25) is 0 Å². The lowest BCUT2D eigenvalue weighted by Gasteiger charge is -2.09. The Balaban J connectivity index is 1.86. The van der Waals surface area contributed by atoms with Crippen LogP contribution in [0, 0.1) is 0 Å². The molecule has 0 atom stereocenters. The van der Waals surface area contributed by atoms with Crippen LogP contribution in [-0.4, -0.2) is 42.6 Å². The van der Waals surface area contributed by atoms with Gasteiger partial charge in [-0.1, -0.05) is 0 Å². The molecule has 25 heavy (non-hydrogen) atoms. The number of ether oxygens (including phenoxy) is 2. The lowest BCUT2D eigenvalue weighted by atomic mass is 10.2. The first-order chi connectivity index (χ1) is 12.2. The molecule has 3 aromatic heterocycles. The molecule has 9 nitrogen and oxygen atoms in total. The Bertz CT molecular complexity index is 886. The van der Waals surface area contributed by atoms with Crippen LogP contribution in [0.4, 0.5) is 0 Å². The molecule has 0 saturated heterocycles. The van der Waals surface area contributed by atoms with E-state index in [0.717, 1.165) is 0 Å². The van der Waals surface area contributed by atoms with Crippen LogP contribution in [0.15, 0.2) is 43.2 Å². The van der Waals surface area contributed by atoms with Gasteiger partial charge in [-0.05, 0) is 13.0 Å². The number of aromatic nitrogens is 5. The predicted octanol–water partition coefficient (Wildman–Crippen LogP) is 2.22. The van der Waals surface area contributed by atoms with Crippen molar-refractivity contribution in [2.75, 3.05) is 6.61 Å². The van der Waals surface area contributed by atoms with Crippen LogP contribution >= 0.6 is 0 Å². The molecule has 0 amide bonds. The van der Waals surface area contributed by atoms with E-state index >= 15 is 0 Å². The number of aromatic carboxylic acids is 1. The monoisotopic (exact) mass is 339 g/mol. The average molecular weight is 339 g/mol. The second-order valence-corrected chi connectivity index (χ2v) is 4.71. The van der Waals surface area contributed by atoms with Crippen LogP contribution in [-0.2, 0) is 0 Å². The van der Waals surface area contributed by atoms with Crippen LogP contribution < -0.4 is 9.47 Å². The Morgan fingerprint density at radius 3 is 2.44 bits per heavy atom. The normalized spacial score (nSPS) is 10.3. The lowest BCUT2D eigenvalue weighted by Crippen LogP contribution is -2.00. The van der Waals surface area contributed by atoms with E-state index in [-0.39, 0.29) is 17.3 Å². The molecule has 0 unspecified atom stereocenters. The van der Waals surface area contributed by atoms with Gasteiger partial charge < -0.3 is 14.6 Å². The number of hydrogen-bond acceptors (Lipinski definition) is 8. The SMILES string of the molecule is CCOc1nccnc1Oc1cncc(-c2ncc(C(=O)O)cn2)c1. The maximum absolute atomic E-state index is 10.9. The second kappa shape index (κ2) is 7.30. The topological polar surface area (TPSA) is 120 Å². The van der Waals surface area contributed by atoms with Gasteiger partial charge in [0.1, 0.15) is 5.75 Å². The van der Waals surface area contributed by atoms with Gasteiger partial charge in [0, 0.05) is 36.5 Å². The molecule has 0 aromatic carbocycles. The molecule has 126 valence electrons. The first-order valence-corrected chi connectivity index (χ1v) is 7.29. The van der Waals surface area contributed by atoms with Crippen LogP contribution in [0.25, 0.3) is 11.4 Å². The van der Waals surface area contributed by atoms with Crippen molar-refractivity contribution in [1.82, 2.24) is 24.9 Å². The predicted molar refractivity (Wildman–Crippen MR) is 85.5 cm³/mol. The highest BCUT2D eigenvalue weighted by Crippen LogP contribution is 2.28. The fourth-order valence-corrected chi connectivity index (χ4v) is 1.91. The number of nitrogens with zero attached hydrogens (tertiary/aromatic N) is 5. The molecular formula is C16H13N5O4. The summed E-state index contributed by atoms with van der Waals surface area (Å²) in [5.41, 5.74) is 0.571. The molecule has 0 aliphatic rings. The van der Waals surface area contributed by atoms with Crippen molar-refractivity contribution in [1.29, 1.82) is 0 Å². The van der Waals surface area contributed by atoms with Gasteiger partial charge in [-0.15, -0.1) is 0 Å². The Hall–Kier alpha value is -3.62. The summed E-state index contributed by atoms with van der Waals surface area (Å²) in [6, 6.07) is 1.66. The molecule has 0 radical (unpaired) electrons. The molecule has 3 heterocycles. The minimum Gasteiger partial charge on any atom is -0.478 e. The van der Waals surface area contributed by atoms with Gasteiger partial charge in [0.15, 0.2) is 5.82 Å². The van der Waals surface area contributed by atoms with Crippen LogP contribution in [0.3, 0.4) is 0 Å². The van der Waals surface area contributed by atoms with E-state index in [4.69, 9.17) is 14.6 Å². The van der Waals surface area contributed by atoms with Crippen molar-refractivity contribution in [2.24, 2.45) is 0 Å². The van der Waals surface area contributed by atoms with E-state index in [0.29, 0.717) is 23.7 Å². The van der Waals surface area contributed by atoms with Crippen molar-refractivity contribution in [2.45, 2.75) is 6.92 Å². The van der Waals surface area contributed by atoms with E-state index in [1.807, 2.05) is 6.92 Å². The summed E-state index contributed by atoms with van der Waals surface area (Å²) in [4.78, 5) is 31.1. The molecular weight excluding hydrogens is 326 g/mol. The van der Waals surface area contributed by atoms with E-state index in [1.54, 1.807) is 12.3 Å². The maximum Gasteiger partial charge on any atom is 0.338 e. The highest BCUT2D eigenvalue weighted by molar-refractivity contribution is 5.86. The first-order valence-electron chi connectivity index (χ1n) is 7.29. The number of carboxylic acid groups (broad SMARTS) is 1. The zero-order valence-electron chi connectivity index (χ0n) is 13.2. The molecule has 0 spiro atoms. The second-order valence-electron chi connectivity index (χ2n) is 4.71. The Morgan fingerprint density at radius 2 is 1.76 bits per heavy atom. The minimum atomic E-state index is -1.09. The molecule has 3 aromatic rings. The fraction of sp³-hybridized carbons (Fsp3) is 0.125.